The van der Waals surface area contributed by atoms with Gasteiger partial charge in [-0.15, -0.1) is 0 Å². The summed E-state index contributed by atoms with van der Waals surface area (Å²) in [7, 11) is 0. The number of nitrogens with one attached hydrogen (secondary N) is 1. The number of carbonyl (C=O) groups excluding carboxylic acids is 1. The molecule has 0 unspecified atom stereocenters. The number of hydrogen-bond acceptors (Lipinski definition) is 2. The summed E-state index contributed by atoms with van der Waals surface area (Å²) in [6, 6.07) is 0.351. The number of piperazine rings is 1. The average molecular weight is 168 g/mol. The molecule has 1 N–H and O–H groups in total. The Balaban J connectivity index is 2.58. The third-order valence-corrected chi connectivity index (χ3v) is 2.28. The van der Waals surface area contributed by atoms with Gasteiger partial charge in [-0.2, -0.15) is 0 Å². The van der Waals surface area contributed by atoms with Gasteiger partial charge in [-0.05, 0) is 12.5 Å². The Morgan fingerprint density at radius 2 is 2.58 bits per heavy atom. The lowest BCUT2D eigenvalue weighted by Crippen LogP contribution is -2.52. The molecule has 1 atom stereocenters. The molecule has 12 heavy (non-hydrogen) atoms. The summed E-state index contributed by atoms with van der Waals surface area (Å²) < 4.78 is 0. The van der Waals surface area contributed by atoms with E-state index in [4.69, 9.17) is 0 Å². The molecule has 3 heteroatoms. The molecule has 0 aromatic rings. The molecule has 0 saturated carbocycles. The van der Waals surface area contributed by atoms with Crippen molar-refractivity contribution < 1.29 is 4.79 Å². The van der Waals surface area contributed by atoms with Gasteiger partial charge in [0.1, 0.15) is 0 Å². The fourth-order valence-electron chi connectivity index (χ4n) is 1.53. The van der Waals surface area contributed by atoms with E-state index >= 15 is 0 Å². The average Bonchev–Trinajstić information content (AvgIpc) is 2.16. The predicted octanol–water partition coefficient (Wildman–Crippen LogP) is 0.383. The van der Waals surface area contributed by atoms with E-state index in [1.54, 1.807) is 0 Å². The van der Waals surface area contributed by atoms with E-state index in [0.717, 1.165) is 26.1 Å². The van der Waals surface area contributed by atoms with Gasteiger partial charge in [0.2, 0.25) is 5.91 Å². The third kappa shape index (κ3) is 1.85. The zero-order valence-corrected chi connectivity index (χ0v) is 7.55. The van der Waals surface area contributed by atoms with Crippen molar-refractivity contribution in [3.05, 3.63) is 12.7 Å². The summed E-state index contributed by atoms with van der Waals surface area (Å²) in [6.07, 6.45) is 2.40. The number of amides is 1. The maximum atomic E-state index is 11.3. The fraction of sp³-hybridized carbons (Fsp3) is 0.667. The van der Waals surface area contributed by atoms with Crippen LogP contribution >= 0.6 is 0 Å². The van der Waals surface area contributed by atoms with Crippen LogP contribution in [0.15, 0.2) is 12.7 Å². The molecule has 0 spiro atoms. The van der Waals surface area contributed by atoms with Gasteiger partial charge < -0.3 is 10.2 Å². The van der Waals surface area contributed by atoms with Crippen molar-refractivity contribution in [2.75, 3.05) is 19.6 Å². The van der Waals surface area contributed by atoms with Crippen molar-refractivity contribution in [1.82, 2.24) is 10.2 Å². The molecular weight excluding hydrogens is 152 g/mol. The fourth-order valence-corrected chi connectivity index (χ4v) is 1.53. The normalized spacial score (nSPS) is 23.8. The molecule has 0 aromatic carbocycles. The molecule has 0 aliphatic carbocycles. The minimum Gasteiger partial charge on any atom is -0.334 e. The first-order valence-electron chi connectivity index (χ1n) is 4.43. The highest BCUT2D eigenvalue weighted by molar-refractivity contribution is 5.87. The Bertz CT molecular complexity index is 179. The molecule has 68 valence electrons. The van der Waals surface area contributed by atoms with Gasteiger partial charge in [0.15, 0.2) is 0 Å². The van der Waals surface area contributed by atoms with Crippen molar-refractivity contribution in [1.29, 1.82) is 0 Å². The van der Waals surface area contributed by atoms with Gasteiger partial charge in [0.25, 0.3) is 0 Å². The maximum Gasteiger partial charge on any atom is 0.246 e. The lowest BCUT2D eigenvalue weighted by Gasteiger charge is -2.34. The highest BCUT2D eigenvalue weighted by Crippen LogP contribution is 2.07. The maximum absolute atomic E-state index is 11.3. The van der Waals surface area contributed by atoms with E-state index in [2.05, 4.69) is 18.8 Å². The van der Waals surface area contributed by atoms with Crippen LogP contribution < -0.4 is 5.32 Å². The van der Waals surface area contributed by atoms with Crippen LogP contribution in [0, 0.1) is 0 Å². The first kappa shape index (κ1) is 9.26. The van der Waals surface area contributed by atoms with Crippen LogP contribution in [-0.2, 0) is 4.79 Å². The lowest BCUT2D eigenvalue weighted by molar-refractivity contribution is -0.129. The second-order valence-electron chi connectivity index (χ2n) is 3.00. The molecule has 0 aromatic heterocycles. The smallest absolute Gasteiger partial charge is 0.246 e. The highest BCUT2D eigenvalue weighted by atomic mass is 16.2. The van der Waals surface area contributed by atoms with Gasteiger partial charge in [0.05, 0.1) is 0 Å². The monoisotopic (exact) mass is 168 g/mol. The van der Waals surface area contributed by atoms with Crippen LogP contribution in [0.4, 0.5) is 0 Å². The Hall–Kier alpha value is -0.830. The van der Waals surface area contributed by atoms with Crippen LogP contribution in [0.3, 0.4) is 0 Å². The van der Waals surface area contributed by atoms with E-state index in [-0.39, 0.29) is 5.91 Å². The zero-order valence-electron chi connectivity index (χ0n) is 7.55. The van der Waals surface area contributed by atoms with Crippen LogP contribution in [0.1, 0.15) is 13.3 Å². The Morgan fingerprint density at radius 1 is 1.83 bits per heavy atom. The number of carbonyl (C=O) groups is 1. The van der Waals surface area contributed by atoms with E-state index in [1.165, 1.54) is 6.08 Å². The first-order chi connectivity index (χ1) is 5.79. The van der Waals surface area contributed by atoms with Crippen LogP contribution in [0.25, 0.3) is 0 Å². The molecule has 1 amide bonds. The van der Waals surface area contributed by atoms with Gasteiger partial charge in [-0.1, -0.05) is 13.5 Å². The predicted molar refractivity (Wildman–Crippen MR) is 48.9 cm³/mol. The van der Waals surface area contributed by atoms with Gasteiger partial charge in [-0.25, -0.2) is 0 Å². The number of rotatable bonds is 2. The molecule has 1 aliphatic heterocycles. The topological polar surface area (TPSA) is 32.3 Å². The second-order valence-corrected chi connectivity index (χ2v) is 3.00. The minimum atomic E-state index is 0.0587. The summed E-state index contributed by atoms with van der Waals surface area (Å²) in [4.78, 5) is 13.2. The molecule has 1 saturated heterocycles. The molecule has 1 rings (SSSR count). The van der Waals surface area contributed by atoms with Gasteiger partial charge >= 0.3 is 0 Å². The third-order valence-electron chi connectivity index (χ3n) is 2.28. The molecular formula is C9H16N2O. The van der Waals surface area contributed by atoms with Gasteiger partial charge in [0, 0.05) is 25.7 Å². The first-order valence-corrected chi connectivity index (χ1v) is 4.43. The summed E-state index contributed by atoms with van der Waals surface area (Å²) in [5.74, 6) is 0.0587. The summed E-state index contributed by atoms with van der Waals surface area (Å²) >= 11 is 0. The van der Waals surface area contributed by atoms with Crippen LogP contribution in [0.2, 0.25) is 0 Å². The van der Waals surface area contributed by atoms with Crippen molar-refractivity contribution in [3.8, 4) is 0 Å². The number of hydrogen-bond donors (Lipinski definition) is 1. The summed E-state index contributed by atoms with van der Waals surface area (Å²) in [6.45, 7) is 8.21. The Labute approximate surface area is 73.4 Å². The largest absolute Gasteiger partial charge is 0.334 e. The van der Waals surface area contributed by atoms with Crippen LogP contribution in [-0.4, -0.2) is 36.5 Å². The SMILES string of the molecule is C=CC(=O)N1CCNC[C@@H]1CC. The van der Waals surface area contributed by atoms with E-state index in [9.17, 15) is 4.79 Å². The molecule has 3 nitrogen and oxygen atoms in total. The van der Waals surface area contributed by atoms with Crippen LogP contribution in [0.5, 0.6) is 0 Å². The van der Waals surface area contributed by atoms with Crippen molar-refractivity contribution in [3.63, 3.8) is 0 Å². The number of nitrogens with zero attached hydrogens (tertiary/aromatic N) is 1. The Kier molecular flexibility index (Phi) is 3.29. The summed E-state index contributed by atoms with van der Waals surface area (Å²) in [5.41, 5.74) is 0. The molecule has 0 bridgehead atoms. The molecule has 0 radical (unpaired) electrons. The van der Waals surface area contributed by atoms with E-state index in [1.807, 2.05) is 4.90 Å². The van der Waals surface area contributed by atoms with E-state index in [0.29, 0.717) is 6.04 Å². The molecule has 1 heterocycles. The lowest BCUT2D eigenvalue weighted by atomic mass is 10.1. The highest BCUT2D eigenvalue weighted by Gasteiger charge is 2.22. The van der Waals surface area contributed by atoms with E-state index < -0.39 is 0 Å². The second kappa shape index (κ2) is 4.26. The molecule has 1 aliphatic rings. The standard InChI is InChI=1S/C9H16N2O/c1-3-8-7-10-5-6-11(8)9(12)4-2/h4,8,10H,2-3,5-7H2,1H3/t8-/m0/s1. The van der Waals surface area contributed by atoms with Crippen molar-refractivity contribution >= 4 is 5.91 Å². The molecule has 1 fully saturated rings. The van der Waals surface area contributed by atoms with Gasteiger partial charge in [-0.3, -0.25) is 4.79 Å². The quantitative estimate of drug-likeness (QED) is 0.605. The summed E-state index contributed by atoms with van der Waals surface area (Å²) in [5, 5.41) is 3.27. The minimum absolute atomic E-state index is 0.0587. The van der Waals surface area contributed by atoms with Crippen molar-refractivity contribution in [2.45, 2.75) is 19.4 Å². The zero-order chi connectivity index (χ0) is 8.97. The van der Waals surface area contributed by atoms with Crippen molar-refractivity contribution in [2.24, 2.45) is 0 Å². The Morgan fingerprint density at radius 3 is 3.17 bits per heavy atom.